The molecule has 22 heavy (non-hydrogen) atoms. The number of hydrogen-bond acceptors (Lipinski definition) is 4. The third kappa shape index (κ3) is 1.41. The Morgan fingerprint density at radius 3 is 2.86 bits per heavy atom. The minimum absolute atomic E-state index is 0.0372. The minimum Gasteiger partial charge on any atom is -0.374 e. The van der Waals surface area contributed by atoms with Gasteiger partial charge in [0.15, 0.2) is 5.78 Å². The average molecular weight is 301 g/mol. The number of rotatable bonds is 4. The molecule has 118 valence electrons. The van der Waals surface area contributed by atoms with Crippen molar-refractivity contribution in [2.24, 2.45) is 16.7 Å². The van der Waals surface area contributed by atoms with Crippen molar-refractivity contribution in [3.8, 4) is 0 Å². The van der Waals surface area contributed by atoms with Gasteiger partial charge in [0.2, 0.25) is 0 Å². The highest BCUT2D eigenvalue weighted by molar-refractivity contribution is 6.03. The lowest BCUT2D eigenvalue weighted by atomic mass is 9.58. The van der Waals surface area contributed by atoms with E-state index in [0.29, 0.717) is 30.6 Å². The summed E-state index contributed by atoms with van der Waals surface area (Å²) in [4.78, 5) is 25.2. The summed E-state index contributed by atoms with van der Waals surface area (Å²) in [5, 5.41) is 3.57. The summed E-state index contributed by atoms with van der Waals surface area (Å²) in [6.07, 6.45) is 4.43. The number of ketones is 2. The van der Waals surface area contributed by atoms with Crippen LogP contribution >= 0.6 is 0 Å². The predicted molar refractivity (Wildman–Crippen MR) is 82.3 cm³/mol. The van der Waals surface area contributed by atoms with Crippen LogP contribution in [0, 0.1) is 16.7 Å². The third-order valence-electron chi connectivity index (χ3n) is 6.70. The van der Waals surface area contributed by atoms with Crippen LogP contribution in [0.1, 0.15) is 32.6 Å². The number of nitrogens with one attached hydrogen (secondary N) is 1. The molecule has 2 spiro atoms. The topological polar surface area (TPSA) is 55.4 Å². The van der Waals surface area contributed by atoms with E-state index >= 15 is 0 Å². The molecule has 1 N–H and O–H groups in total. The Labute approximate surface area is 131 Å². The Balaban J connectivity index is 1.89. The van der Waals surface area contributed by atoms with Crippen LogP contribution in [-0.4, -0.2) is 37.4 Å². The second kappa shape index (κ2) is 4.39. The van der Waals surface area contributed by atoms with E-state index in [1.165, 1.54) is 0 Å². The highest BCUT2D eigenvalue weighted by Crippen LogP contribution is 2.73. The smallest absolute Gasteiger partial charge is 0.188 e. The van der Waals surface area contributed by atoms with Gasteiger partial charge in [-0.25, -0.2) is 0 Å². The first kappa shape index (κ1) is 14.3. The molecule has 4 aliphatic rings. The Morgan fingerprint density at radius 2 is 2.27 bits per heavy atom. The normalized spacial score (nSPS) is 43.5. The number of methoxy groups -OCH3 is 1. The van der Waals surface area contributed by atoms with Gasteiger partial charge >= 0.3 is 0 Å². The zero-order valence-electron chi connectivity index (χ0n) is 13.3. The number of allylic oxidation sites excluding steroid dienone is 1. The van der Waals surface area contributed by atoms with Gasteiger partial charge in [0, 0.05) is 48.9 Å². The number of carbonyl (C=O) groups excluding carboxylic acids is 2. The molecule has 1 aliphatic heterocycles. The predicted octanol–water partition coefficient (Wildman–Crippen LogP) is 1.80. The molecule has 0 aromatic rings. The number of carbonyl (C=O) groups is 2. The summed E-state index contributed by atoms with van der Waals surface area (Å²) in [5.41, 5.74) is 1.73. The lowest BCUT2D eigenvalue weighted by molar-refractivity contribution is -0.128. The van der Waals surface area contributed by atoms with Crippen LogP contribution in [0.3, 0.4) is 0 Å². The van der Waals surface area contributed by atoms with Crippen LogP contribution in [0.2, 0.25) is 0 Å². The lowest BCUT2D eigenvalue weighted by Crippen LogP contribution is -2.64. The number of fused-ring (bicyclic) bond motifs is 1. The molecule has 1 saturated heterocycles. The fraction of sp³-hybridized carbons (Fsp3) is 0.667. The molecule has 5 unspecified atom stereocenters. The molecule has 4 rings (SSSR count). The molecule has 4 nitrogen and oxygen atoms in total. The lowest BCUT2D eigenvalue weighted by Gasteiger charge is -2.53. The fourth-order valence-corrected chi connectivity index (χ4v) is 5.80. The zero-order valence-corrected chi connectivity index (χ0v) is 13.3. The van der Waals surface area contributed by atoms with Crippen molar-refractivity contribution in [2.45, 2.75) is 44.8 Å². The maximum absolute atomic E-state index is 13.0. The van der Waals surface area contributed by atoms with Gasteiger partial charge in [-0.1, -0.05) is 12.7 Å². The molecule has 1 heterocycles. The molecule has 3 fully saturated rings. The van der Waals surface area contributed by atoms with E-state index in [2.05, 4.69) is 11.9 Å². The monoisotopic (exact) mass is 301 g/mol. The molecule has 4 heteroatoms. The quantitative estimate of drug-likeness (QED) is 0.860. The summed E-state index contributed by atoms with van der Waals surface area (Å²) in [7, 11) is 1.57. The molecule has 3 aliphatic carbocycles. The first-order chi connectivity index (χ1) is 10.5. The number of hydrogen-bond donors (Lipinski definition) is 1. The average Bonchev–Trinajstić information content (AvgIpc) is 2.88. The summed E-state index contributed by atoms with van der Waals surface area (Å²) in [6.45, 7) is 6.69. The maximum atomic E-state index is 13.0. The number of ether oxygens (including phenoxy) is 1. The van der Waals surface area contributed by atoms with Gasteiger partial charge in [0.1, 0.15) is 11.9 Å². The fourth-order valence-electron chi connectivity index (χ4n) is 5.80. The number of Topliss-reactive ketones (excluding diaryl/α,β-unsaturated/α-hetero) is 2. The van der Waals surface area contributed by atoms with Gasteiger partial charge in [-0.3, -0.25) is 9.59 Å². The summed E-state index contributed by atoms with van der Waals surface area (Å²) in [5.74, 6) is 0.762. The molecular weight excluding hydrogens is 278 g/mol. The summed E-state index contributed by atoms with van der Waals surface area (Å²) < 4.78 is 5.29. The molecule has 0 radical (unpaired) electrons. The highest BCUT2D eigenvalue weighted by atomic mass is 16.5. The maximum Gasteiger partial charge on any atom is 0.188 e. The van der Waals surface area contributed by atoms with Gasteiger partial charge < -0.3 is 10.1 Å². The third-order valence-corrected chi connectivity index (χ3v) is 6.70. The Morgan fingerprint density at radius 1 is 1.50 bits per heavy atom. The van der Waals surface area contributed by atoms with Gasteiger partial charge in [0.25, 0.3) is 0 Å². The van der Waals surface area contributed by atoms with Crippen LogP contribution < -0.4 is 5.32 Å². The van der Waals surface area contributed by atoms with Crippen molar-refractivity contribution < 1.29 is 14.3 Å². The van der Waals surface area contributed by atoms with Gasteiger partial charge in [0.05, 0.1) is 0 Å². The largest absolute Gasteiger partial charge is 0.374 e. The Bertz CT molecular complexity index is 622. The van der Waals surface area contributed by atoms with E-state index in [1.54, 1.807) is 14.0 Å². The first-order valence-electron chi connectivity index (χ1n) is 8.20. The molecule has 0 aromatic carbocycles. The zero-order chi connectivity index (χ0) is 15.7. The van der Waals surface area contributed by atoms with Gasteiger partial charge in [-0.15, -0.1) is 0 Å². The van der Waals surface area contributed by atoms with Crippen molar-refractivity contribution >= 4 is 11.6 Å². The van der Waals surface area contributed by atoms with Crippen molar-refractivity contribution in [2.75, 3.05) is 13.7 Å². The van der Waals surface area contributed by atoms with Crippen LogP contribution in [0.4, 0.5) is 0 Å². The summed E-state index contributed by atoms with van der Waals surface area (Å²) in [6, 6.07) is 0.419. The van der Waals surface area contributed by atoms with Crippen molar-refractivity contribution in [1.82, 2.24) is 5.32 Å². The van der Waals surface area contributed by atoms with Crippen LogP contribution in [0.15, 0.2) is 23.8 Å². The van der Waals surface area contributed by atoms with Gasteiger partial charge in [-0.05, 0) is 31.3 Å². The first-order valence-corrected chi connectivity index (χ1v) is 8.20. The van der Waals surface area contributed by atoms with E-state index in [-0.39, 0.29) is 16.6 Å². The minimum atomic E-state index is -0.459. The summed E-state index contributed by atoms with van der Waals surface area (Å²) >= 11 is 0. The highest BCUT2D eigenvalue weighted by Gasteiger charge is 2.73. The van der Waals surface area contributed by atoms with E-state index in [1.807, 2.05) is 6.08 Å². The molecule has 0 amide bonds. The Hall–Kier alpha value is -1.26. The van der Waals surface area contributed by atoms with Crippen LogP contribution in [-0.2, 0) is 14.3 Å². The molecule has 0 aromatic heterocycles. The SMILES string of the molecule is C=CC1=C(C(=O)C(C)OC)C23CC(=O)CCC2C2NCC12C3. The second-order valence-electron chi connectivity index (χ2n) is 7.44. The molecule has 2 bridgehead atoms. The molecule has 2 saturated carbocycles. The molecule has 5 atom stereocenters. The van der Waals surface area contributed by atoms with Crippen molar-refractivity contribution in [3.63, 3.8) is 0 Å². The van der Waals surface area contributed by atoms with E-state index in [0.717, 1.165) is 30.5 Å². The second-order valence-corrected chi connectivity index (χ2v) is 7.44. The van der Waals surface area contributed by atoms with Crippen LogP contribution in [0.25, 0.3) is 0 Å². The van der Waals surface area contributed by atoms with Crippen molar-refractivity contribution in [1.29, 1.82) is 0 Å². The van der Waals surface area contributed by atoms with E-state index in [9.17, 15) is 9.59 Å². The standard InChI is InChI=1S/C18H23NO3/c1-4-12-14(15(21)10(2)22-3)17-7-11(20)5-6-13(17)16-18(12,8-17)9-19-16/h4,10,13,16,19H,1,5-9H2,2-3H3. The van der Waals surface area contributed by atoms with E-state index < -0.39 is 6.10 Å². The Kier molecular flexibility index (Phi) is 2.86. The van der Waals surface area contributed by atoms with Crippen molar-refractivity contribution in [3.05, 3.63) is 23.8 Å². The molecular formula is C18H23NO3. The van der Waals surface area contributed by atoms with E-state index in [4.69, 9.17) is 4.74 Å². The van der Waals surface area contributed by atoms with Crippen LogP contribution in [0.5, 0.6) is 0 Å². The van der Waals surface area contributed by atoms with Gasteiger partial charge in [-0.2, -0.15) is 0 Å².